The molecular formula is C27H31F2N5O2. The number of rotatable bonds is 7. The fourth-order valence-corrected chi connectivity index (χ4v) is 4.86. The highest BCUT2D eigenvalue weighted by Crippen LogP contribution is 2.38. The molecule has 0 saturated heterocycles. The second kappa shape index (κ2) is 10.6. The van der Waals surface area contributed by atoms with E-state index in [0.717, 1.165) is 22.4 Å². The predicted molar refractivity (Wildman–Crippen MR) is 134 cm³/mol. The number of aryl methyl sites for hydroxylation is 3. The maximum absolute atomic E-state index is 13.8. The van der Waals surface area contributed by atoms with E-state index < -0.39 is 29.7 Å². The molecule has 4 rings (SSSR count). The molecule has 1 aliphatic carbocycles. The van der Waals surface area contributed by atoms with Gasteiger partial charge in [0.1, 0.15) is 11.7 Å². The molecule has 2 aromatic heterocycles. The summed E-state index contributed by atoms with van der Waals surface area (Å²) < 4.78 is 29.1. The lowest BCUT2D eigenvalue weighted by atomic mass is 9.81. The molecule has 1 unspecified atom stereocenters. The highest BCUT2D eigenvalue weighted by atomic mass is 19.3. The Morgan fingerprint density at radius 2 is 1.78 bits per heavy atom. The van der Waals surface area contributed by atoms with Crippen molar-refractivity contribution >= 4 is 17.5 Å². The van der Waals surface area contributed by atoms with Gasteiger partial charge in [-0.3, -0.25) is 19.3 Å². The molecule has 1 aliphatic rings. The molecule has 3 aromatic rings. The van der Waals surface area contributed by atoms with Crippen molar-refractivity contribution in [2.75, 3.05) is 5.32 Å². The Morgan fingerprint density at radius 3 is 2.42 bits per heavy atom. The van der Waals surface area contributed by atoms with Crippen LogP contribution in [-0.2, 0) is 11.3 Å². The number of nitrogens with one attached hydrogen (secondary N) is 2. The molecule has 2 N–H and O–H groups in total. The zero-order valence-corrected chi connectivity index (χ0v) is 20.7. The third-order valence-electron chi connectivity index (χ3n) is 6.84. The molecule has 2 amide bonds. The summed E-state index contributed by atoms with van der Waals surface area (Å²) in [5.41, 5.74) is 4.90. The van der Waals surface area contributed by atoms with Crippen LogP contribution < -0.4 is 10.6 Å². The van der Waals surface area contributed by atoms with Crippen molar-refractivity contribution in [1.82, 2.24) is 20.1 Å². The van der Waals surface area contributed by atoms with E-state index in [-0.39, 0.29) is 25.7 Å². The number of amides is 2. The Hall–Kier alpha value is -3.62. The van der Waals surface area contributed by atoms with Crippen molar-refractivity contribution in [2.45, 2.75) is 65.0 Å². The summed E-state index contributed by atoms with van der Waals surface area (Å²) in [6.45, 7) is 6.31. The number of benzene rings is 1. The van der Waals surface area contributed by atoms with Gasteiger partial charge in [0.2, 0.25) is 11.8 Å². The molecule has 1 aromatic carbocycles. The summed E-state index contributed by atoms with van der Waals surface area (Å²) in [4.78, 5) is 30.7. The lowest BCUT2D eigenvalue weighted by molar-refractivity contribution is -0.121. The summed E-state index contributed by atoms with van der Waals surface area (Å²) in [5, 5.41) is 9.77. The third kappa shape index (κ3) is 5.61. The van der Waals surface area contributed by atoms with Crippen LogP contribution in [0.3, 0.4) is 0 Å². The van der Waals surface area contributed by atoms with Crippen LogP contribution in [0.2, 0.25) is 0 Å². The van der Waals surface area contributed by atoms with Gasteiger partial charge in [-0.1, -0.05) is 12.1 Å². The topological polar surface area (TPSA) is 88.9 Å². The average Bonchev–Trinajstić information content (AvgIpc) is 3.33. The SMILES string of the molecule is CCn1nccc1C(=O)NC(C(=O)Nc1ccc(-c2c(C)ccnc2C)cc1)C1CCC(F)(F)CC1. The first-order chi connectivity index (χ1) is 17.2. The minimum absolute atomic E-state index is 0.150. The smallest absolute Gasteiger partial charge is 0.270 e. The molecule has 2 heterocycles. The summed E-state index contributed by atoms with van der Waals surface area (Å²) in [5.74, 6) is -4.01. The van der Waals surface area contributed by atoms with Gasteiger partial charge in [0, 0.05) is 48.7 Å². The van der Waals surface area contributed by atoms with Crippen molar-refractivity contribution in [1.29, 1.82) is 0 Å². The minimum Gasteiger partial charge on any atom is -0.339 e. The van der Waals surface area contributed by atoms with E-state index in [9.17, 15) is 18.4 Å². The number of pyridine rings is 1. The van der Waals surface area contributed by atoms with Crippen LogP contribution in [0, 0.1) is 19.8 Å². The molecule has 1 atom stereocenters. The third-order valence-corrected chi connectivity index (χ3v) is 6.84. The number of aromatic nitrogens is 3. The minimum atomic E-state index is -2.74. The maximum Gasteiger partial charge on any atom is 0.270 e. The number of carbonyl (C=O) groups is 2. The highest BCUT2D eigenvalue weighted by molar-refractivity contribution is 6.00. The number of hydrogen-bond acceptors (Lipinski definition) is 4. The Kier molecular flexibility index (Phi) is 7.47. The van der Waals surface area contributed by atoms with Crippen molar-refractivity contribution in [3.05, 3.63) is 65.7 Å². The standard InChI is InChI=1S/C27H31F2N5O2/c1-4-34-22(12-16-31-34)25(35)33-24(20-9-13-27(28,29)14-10-20)26(36)32-21-7-5-19(6-8-21)23-17(2)11-15-30-18(23)3/h5-8,11-12,15-16,20,24H,4,9-10,13-14H2,1-3H3,(H,32,36)(H,33,35). The van der Waals surface area contributed by atoms with E-state index in [1.165, 1.54) is 10.9 Å². The van der Waals surface area contributed by atoms with Crippen molar-refractivity contribution < 1.29 is 18.4 Å². The first-order valence-corrected chi connectivity index (χ1v) is 12.2. The van der Waals surface area contributed by atoms with Gasteiger partial charge in [-0.2, -0.15) is 5.10 Å². The first kappa shape index (κ1) is 25.5. The van der Waals surface area contributed by atoms with E-state index in [2.05, 4.69) is 20.7 Å². The zero-order chi connectivity index (χ0) is 25.9. The van der Waals surface area contributed by atoms with E-state index >= 15 is 0 Å². The van der Waals surface area contributed by atoms with Gasteiger partial charge in [0.05, 0.1) is 0 Å². The molecular weight excluding hydrogens is 464 g/mol. The number of carbonyl (C=O) groups excluding carboxylic acids is 2. The molecule has 0 spiro atoms. The van der Waals surface area contributed by atoms with Crippen molar-refractivity contribution in [3.63, 3.8) is 0 Å². The fourth-order valence-electron chi connectivity index (χ4n) is 4.86. The van der Waals surface area contributed by atoms with Crippen molar-refractivity contribution in [2.24, 2.45) is 5.92 Å². The lowest BCUT2D eigenvalue weighted by Crippen LogP contribution is -2.50. The van der Waals surface area contributed by atoms with Gasteiger partial charge in [0.15, 0.2) is 0 Å². The molecule has 0 radical (unpaired) electrons. The second-order valence-electron chi connectivity index (χ2n) is 9.33. The predicted octanol–water partition coefficient (Wildman–Crippen LogP) is 5.14. The largest absolute Gasteiger partial charge is 0.339 e. The van der Waals surface area contributed by atoms with Crippen LogP contribution in [0.5, 0.6) is 0 Å². The van der Waals surface area contributed by atoms with E-state index in [0.29, 0.717) is 17.9 Å². The normalized spacial score (nSPS) is 16.4. The first-order valence-electron chi connectivity index (χ1n) is 12.2. The summed E-state index contributed by atoms with van der Waals surface area (Å²) in [6, 6.07) is 9.96. The number of halogens is 2. The van der Waals surface area contributed by atoms with Gasteiger partial charge in [-0.15, -0.1) is 0 Å². The molecule has 0 aliphatic heterocycles. The van der Waals surface area contributed by atoms with E-state index in [1.807, 2.05) is 39.0 Å². The van der Waals surface area contributed by atoms with Crippen LogP contribution >= 0.6 is 0 Å². The summed E-state index contributed by atoms with van der Waals surface area (Å²) in [6.07, 6.45) is 2.98. The van der Waals surface area contributed by atoms with Gasteiger partial charge in [-0.05, 0) is 74.9 Å². The second-order valence-corrected chi connectivity index (χ2v) is 9.33. The Bertz CT molecular complexity index is 1210. The number of nitrogens with zero attached hydrogens (tertiary/aromatic N) is 3. The van der Waals surface area contributed by atoms with Crippen molar-refractivity contribution in [3.8, 4) is 11.1 Å². The Morgan fingerprint density at radius 1 is 1.08 bits per heavy atom. The van der Waals surface area contributed by atoms with Gasteiger partial charge < -0.3 is 10.6 Å². The van der Waals surface area contributed by atoms with E-state index in [4.69, 9.17) is 0 Å². The van der Waals surface area contributed by atoms with Crippen LogP contribution in [0.25, 0.3) is 11.1 Å². The highest BCUT2D eigenvalue weighted by Gasteiger charge is 2.40. The molecule has 190 valence electrons. The average molecular weight is 496 g/mol. The summed E-state index contributed by atoms with van der Waals surface area (Å²) in [7, 11) is 0. The lowest BCUT2D eigenvalue weighted by Gasteiger charge is -2.33. The number of alkyl halides is 2. The summed E-state index contributed by atoms with van der Waals surface area (Å²) >= 11 is 0. The molecule has 0 bridgehead atoms. The quantitative estimate of drug-likeness (QED) is 0.475. The van der Waals surface area contributed by atoms with Crippen LogP contribution in [0.4, 0.5) is 14.5 Å². The molecule has 36 heavy (non-hydrogen) atoms. The van der Waals surface area contributed by atoms with Crippen LogP contribution in [0.15, 0.2) is 48.8 Å². The van der Waals surface area contributed by atoms with Crippen LogP contribution in [0.1, 0.15) is 54.4 Å². The number of hydrogen-bond donors (Lipinski definition) is 2. The van der Waals surface area contributed by atoms with Gasteiger partial charge in [0.25, 0.3) is 5.91 Å². The van der Waals surface area contributed by atoms with E-state index in [1.54, 1.807) is 24.4 Å². The Labute approximate surface area is 209 Å². The monoisotopic (exact) mass is 495 g/mol. The number of anilines is 1. The Balaban J connectivity index is 1.53. The van der Waals surface area contributed by atoms with Gasteiger partial charge >= 0.3 is 0 Å². The molecule has 9 heteroatoms. The maximum atomic E-state index is 13.8. The van der Waals surface area contributed by atoms with Gasteiger partial charge in [-0.25, -0.2) is 8.78 Å². The zero-order valence-electron chi connectivity index (χ0n) is 20.7. The fraction of sp³-hybridized carbons (Fsp3) is 0.407. The molecule has 1 saturated carbocycles. The molecule has 7 nitrogen and oxygen atoms in total. The van der Waals surface area contributed by atoms with Crippen LogP contribution in [-0.4, -0.2) is 38.5 Å². The molecule has 1 fully saturated rings.